The van der Waals surface area contributed by atoms with E-state index in [4.69, 9.17) is 0 Å². The molecule has 1 aromatic carbocycles. The maximum atomic E-state index is 11.7. The predicted octanol–water partition coefficient (Wildman–Crippen LogP) is 1.60. The highest BCUT2D eigenvalue weighted by Gasteiger charge is 2.18. The summed E-state index contributed by atoms with van der Waals surface area (Å²) in [5.41, 5.74) is 2.14. The fourth-order valence-corrected chi connectivity index (χ4v) is 2.64. The number of aromatic nitrogens is 2. The molecule has 0 saturated heterocycles. The number of benzene rings is 1. The van der Waals surface area contributed by atoms with Gasteiger partial charge in [-0.25, -0.2) is 8.42 Å². The normalized spacial score (nSPS) is 11.4. The van der Waals surface area contributed by atoms with Gasteiger partial charge in [0.25, 0.3) is 0 Å². The Morgan fingerprint density at radius 2 is 2.06 bits per heavy atom. The molecule has 0 spiro atoms. The monoisotopic (exact) mass is 264 g/mol. The number of hydrogen-bond donors (Lipinski definition) is 1. The van der Waals surface area contributed by atoms with Gasteiger partial charge in [-0.05, 0) is 19.1 Å². The summed E-state index contributed by atoms with van der Waals surface area (Å²) >= 11 is 0. The van der Waals surface area contributed by atoms with Gasteiger partial charge in [0.15, 0.2) is 16.1 Å². The molecule has 0 aliphatic heterocycles. The Bertz CT molecular complexity index is 702. The summed E-state index contributed by atoms with van der Waals surface area (Å²) in [4.78, 5) is 11.1. The zero-order valence-electron chi connectivity index (χ0n) is 9.97. The Hall–Kier alpha value is -1.95. The lowest BCUT2D eigenvalue weighted by molar-refractivity contribution is 0.112. The SMILES string of the molecule is Cc1ccc(S(C)(=O)=O)c(-c2[nH]ncc2C=O)c1. The maximum Gasteiger partial charge on any atom is 0.176 e. The fourth-order valence-electron chi connectivity index (χ4n) is 1.76. The van der Waals surface area contributed by atoms with Crippen LogP contribution >= 0.6 is 0 Å². The molecule has 0 aliphatic rings. The van der Waals surface area contributed by atoms with Crippen molar-refractivity contribution < 1.29 is 13.2 Å². The number of carbonyl (C=O) groups excluding carboxylic acids is 1. The molecule has 0 unspecified atom stereocenters. The fraction of sp³-hybridized carbons (Fsp3) is 0.167. The summed E-state index contributed by atoms with van der Waals surface area (Å²) in [7, 11) is -3.36. The molecule has 0 amide bonds. The first-order chi connectivity index (χ1) is 8.43. The van der Waals surface area contributed by atoms with E-state index < -0.39 is 9.84 Å². The van der Waals surface area contributed by atoms with Crippen molar-refractivity contribution in [3.8, 4) is 11.3 Å². The van der Waals surface area contributed by atoms with Crippen molar-refractivity contribution in [2.75, 3.05) is 6.26 Å². The van der Waals surface area contributed by atoms with Crippen molar-refractivity contribution in [2.45, 2.75) is 11.8 Å². The van der Waals surface area contributed by atoms with Gasteiger partial charge in [-0.3, -0.25) is 9.89 Å². The van der Waals surface area contributed by atoms with Crippen molar-refractivity contribution in [1.29, 1.82) is 0 Å². The van der Waals surface area contributed by atoms with Crippen molar-refractivity contribution >= 4 is 16.1 Å². The number of sulfone groups is 1. The molecule has 0 saturated carbocycles. The Kier molecular flexibility index (Phi) is 3.04. The highest BCUT2D eigenvalue weighted by Crippen LogP contribution is 2.28. The molecule has 2 aromatic rings. The second-order valence-corrected chi connectivity index (χ2v) is 6.07. The van der Waals surface area contributed by atoms with Crippen LogP contribution in [0.5, 0.6) is 0 Å². The molecular weight excluding hydrogens is 252 g/mol. The van der Waals surface area contributed by atoms with Gasteiger partial charge in [0.2, 0.25) is 0 Å². The van der Waals surface area contributed by atoms with Gasteiger partial charge in [0.05, 0.1) is 22.3 Å². The van der Waals surface area contributed by atoms with E-state index in [0.29, 0.717) is 23.1 Å². The minimum Gasteiger partial charge on any atom is -0.298 e. The van der Waals surface area contributed by atoms with Crippen LogP contribution < -0.4 is 0 Å². The maximum absolute atomic E-state index is 11.7. The Morgan fingerprint density at radius 3 is 2.67 bits per heavy atom. The smallest absolute Gasteiger partial charge is 0.176 e. The number of aryl methyl sites for hydroxylation is 1. The van der Waals surface area contributed by atoms with E-state index in [9.17, 15) is 13.2 Å². The van der Waals surface area contributed by atoms with Crippen LogP contribution in [0.2, 0.25) is 0 Å². The standard InChI is InChI=1S/C12H12N2O3S/c1-8-3-4-11(18(2,16)17)10(5-8)12-9(7-15)6-13-14-12/h3-7H,1-2H3,(H,13,14). The number of aldehydes is 1. The molecule has 2 rings (SSSR count). The number of H-pyrrole nitrogens is 1. The summed E-state index contributed by atoms with van der Waals surface area (Å²) in [6.07, 6.45) is 3.15. The molecule has 1 heterocycles. The number of rotatable bonds is 3. The number of nitrogens with zero attached hydrogens (tertiary/aromatic N) is 1. The van der Waals surface area contributed by atoms with Gasteiger partial charge in [-0.15, -0.1) is 0 Å². The average molecular weight is 264 g/mol. The summed E-state index contributed by atoms with van der Waals surface area (Å²) < 4.78 is 23.5. The third-order valence-electron chi connectivity index (χ3n) is 2.60. The van der Waals surface area contributed by atoms with E-state index in [-0.39, 0.29) is 4.90 Å². The zero-order chi connectivity index (χ0) is 13.3. The first-order valence-electron chi connectivity index (χ1n) is 5.23. The molecule has 0 aliphatic carbocycles. The number of nitrogens with one attached hydrogen (secondary N) is 1. The second kappa shape index (κ2) is 4.38. The molecule has 0 bridgehead atoms. The summed E-state index contributed by atoms with van der Waals surface area (Å²) in [5, 5.41) is 6.44. The van der Waals surface area contributed by atoms with Gasteiger partial charge in [-0.2, -0.15) is 5.10 Å². The highest BCUT2D eigenvalue weighted by atomic mass is 32.2. The molecule has 0 fully saturated rings. The minimum absolute atomic E-state index is 0.181. The van der Waals surface area contributed by atoms with Crippen LogP contribution in [0.25, 0.3) is 11.3 Å². The molecule has 94 valence electrons. The molecule has 6 heteroatoms. The zero-order valence-corrected chi connectivity index (χ0v) is 10.8. The third-order valence-corrected chi connectivity index (χ3v) is 3.75. The second-order valence-electron chi connectivity index (χ2n) is 4.09. The van der Waals surface area contributed by atoms with Crippen LogP contribution in [0, 0.1) is 6.92 Å². The number of aromatic amines is 1. The first kappa shape index (κ1) is 12.5. The van der Waals surface area contributed by atoms with Gasteiger partial charge in [0.1, 0.15) is 0 Å². The van der Waals surface area contributed by atoms with Gasteiger partial charge < -0.3 is 0 Å². The van der Waals surface area contributed by atoms with Crippen molar-refractivity contribution in [1.82, 2.24) is 10.2 Å². The Balaban J connectivity index is 2.78. The summed E-state index contributed by atoms with van der Waals surface area (Å²) in [6, 6.07) is 4.98. The topological polar surface area (TPSA) is 79.9 Å². The van der Waals surface area contributed by atoms with Crippen LogP contribution in [0.15, 0.2) is 29.3 Å². The Morgan fingerprint density at radius 1 is 1.33 bits per heavy atom. The van der Waals surface area contributed by atoms with Gasteiger partial charge in [0, 0.05) is 11.8 Å². The number of carbonyl (C=O) groups is 1. The van der Waals surface area contributed by atoms with E-state index in [1.165, 1.54) is 12.3 Å². The first-order valence-corrected chi connectivity index (χ1v) is 7.12. The van der Waals surface area contributed by atoms with Crippen LogP contribution in [0.1, 0.15) is 15.9 Å². The molecular formula is C12H12N2O3S. The van der Waals surface area contributed by atoms with Crippen molar-refractivity contribution in [2.24, 2.45) is 0 Å². The van der Waals surface area contributed by atoms with Crippen LogP contribution in [-0.4, -0.2) is 31.2 Å². The summed E-state index contributed by atoms with van der Waals surface area (Å²) in [5.74, 6) is 0. The van der Waals surface area contributed by atoms with Crippen LogP contribution in [0.3, 0.4) is 0 Å². The quantitative estimate of drug-likeness (QED) is 0.854. The molecule has 18 heavy (non-hydrogen) atoms. The highest BCUT2D eigenvalue weighted by molar-refractivity contribution is 7.90. The molecule has 0 radical (unpaired) electrons. The molecule has 0 atom stereocenters. The lowest BCUT2D eigenvalue weighted by atomic mass is 10.1. The third kappa shape index (κ3) is 2.19. The van der Waals surface area contributed by atoms with E-state index in [0.717, 1.165) is 11.8 Å². The summed E-state index contributed by atoms with van der Waals surface area (Å²) in [6.45, 7) is 1.85. The average Bonchev–Trinajstić information content (AvgIpc) is 2.75. The molecule has 1 aromatic heterocycles. The van der Waals surface area contributed by atoms with Crippen molar-refractivity contribution in [3.05, 3.63) is 35.5 Å². The van der Waals surface area contributed by atoms with E-state index in [2.05, 4.69) is 10.2 Å². The van der Waals surface area contributed by atoms with Crippen LogP contribution in [-0.2, 0) is 9.84 Å². The largest absolute Gasteiger partial charge is 0.298 e. The van der Waals surface area contributed by atoms with Crippen LogP contribution in [0.4, 0.5) is 0 Å². The van der Waals surface area contributed by atoms with Gasteiger partial charge >= 0.3 is 0 Å². The lowest BCUT2D eigenvalue weighted by Gasteiger charge is -2.08. The molecule has 5 nitrogen and oxygen atoms in total. The van der Waals surface area contributed by atoms with E-state index in [1.54, 1.807) is 12.1 Å². The van der Waals surface area contributed by atoms with E-state index in [1.807, 2.05) is 6.92 Å². The minimum atomic E-state index is -3.36. The van der Waals surface area contributed by atoms with Gasteiger partial charge in [-0.1, -0.05) is 11.6 Å². The lowest BCUT2D eigenvalue weighted by Crippen LogP contribution is -2.01. The predicted molar refractivity (Wildman–Crippen MR) is 67.3 cm³/mol. The molecule has 1 N–H and O–H groups in total. The number of hydrogen-bond acceptors (Lipinski definition) is 4. The Labute approximate surface area is 105 Å². The van der Waals surface area contributed by atoms with E-state index >= 15 is 0 Å². The van der Waals surface area contributed by atoms with Crippen molar-refractivity contribution in [3.63, 3.8) is 0 Å².